The molecule has 0 saturated carbocycles. The van der Waals surface area contributed by atoms with E-state index < -0.39 is 5.97 Å². The number of carboxylic acids is 1. The van der Waals surface area contributed by atoms with Crippen LogP contribution in [0.3, 0.4) is 0 Å². The fourth-order valence-corrected chi connectivity index (χ4v) is 3.10. The third-order valence-electron chi connectivity index (χ3n) is 3.41. The maximum absolute atomic E-state index is 10.6. The fourth-order valence-electron chi connectivity index (χ4n) is 2.18. The first-order valence-electron chi connectivity index (χ1n) is 7.20. The molecular weight excluding hydrogens is 373 g/mol. The van der Waals surface area contributed by atoms with E-state index in [2.05, 4.69) is 5.32 Å². The maximum atomic E-state index is 10.6. The van der Waals surface area contributed by atoms with Gasteiger partial charge >= 0.3 is 5.97 Å². The SMILES string of the molecule is CNc1cccc(COc2c(Cl)cc(CCC(=O)O)cc2Cl)c1Cl. The van der Waals surface area contributed by atoms with Crippen LogP contribution in [0.1, 0.15) is 17.5 Å². The van der Waals surface area contributed by atoms with Crippen molar-refractivity contribution in [3.05, 3.63) is 56.5 Å². The average Bonchev–Trinajstić information content (AvgIpc) is 2.53. The molecule has 0 aliphatic carbocycles. The molecule has 0 fully saturated rings. The molecule has 0 radical (unpaired) electrons. The molecule has 0 unspecified atom stereocenters. The number of aliphatic carboxylic acids is 1. The summed E-state index contributed by atoms with van der Waals surface area (Å²) in [7, 11) is 1.79. The summed E-state index contributed by atoms with van der Waals surface area (Å²) < 4.78 is 5.72. The van der Waals surface area contributed by atoms with Crippen LogP contribution in [0.5, 0.6) is 5.75 Å². The van der Waals surface area contributed by atoms with Gasteiger partial charge in [0.15, 0.2) is 5.75 Å². The largest absolute Gasteiger partial charge is 0.486 e. The third kappa shape index (κ3) is 4.69. The molecule has 0 aliphatic rings. The smallest absolute Gasteiger partial charge is 0.303 e. The Morgan fingerprint density at radius 2 is 1.88 bits per heavy atom. The Morgan fingerprint density at radius 1 is 1.21 bits per heavy atom. The Morgan fingerprint density at radius 3 is 2.46 bits per heavy atom. The second-order valence-corrected chi connectivity index (χ2v) is 6.29. The van der Waals surface area contributed by atoms with Crippen LogP contribution in [0.25, 0.3) is 0 Å². The van der Waals surface area contributed by atoms with Crippen molar-refractivity contribution in [3.8, 4) is 5.75 Å². The van der Waals surface area contributed by atoms with E-state index >= 15 is 0 Å². The number of halogens is 3. The van der Waals surface area contributed by atoms with E-state index in [9.17, 15) is 4.79 Å². The van der Waals surface area contributed by atoms with Crippen molar-refractivity contribution in [1.29, 1.82) is 0 Å². The van der Waals surface area contributed by atoms with Gasteiger partial charge in [0.1, 0.15) is 6.61 Å². The number of ether oxygens (including phenoxy) is 1. The van der Waals surface area contributed by atoms with Crippen LogP contribution in [-0.4, -0.2) is 18.1 Å². The molecule has 128 valence electrons. The summed E-state index contributed by atoms with van der Waals surface area (Å²) in [5.41, 5.74) is 2.35. The van der Waals surface area contributed by atoms with Gasteiger partial charge in [-0.15, -0.1) is 0 Å². The van der Waals surface area contributed by atoms with E-state index in [0.717, 1.165) is 16.8 Å². The van der Waals surface area contributed by atoms with Crippen LogP contribution >= 0.6 is 34.8 Å². The zero-order valence-corrected chi connectivity index (χ0v) is 15.2. The summed E-state index contributed by atoms with van der Waals surface area (Å²) >= 11 is 18.7. The molecule has 2 N–H and O–H groups in total. The lowest BCUT2D eigenvalue weighted by atomic mass is 10.1. The molecule has 0 bridgehead atoms. The lowest BCUT2D eigenvalue weighted by Crippen LogP contribution is -2.01. The summed E-state index contributed by atoms with van der Waals surface area (Å²) in [6.07, 6.45) is 0.365. The first kappa shape index (κ1) is 18.7. The van der Waals surface area contributed by atoms with Crippen molar-refractivity contribution < 1.29 is 14.6 Å². The quantitative estimate of drug-likeness (QED) is 0.677. The predicted molar refractivity (Wildman–Crippen MR) is 97.7 cm³/mol. The first-order valence-corrected chi connectivity index (χ1v) is 8.33. The number of benzene rings is 2. The van der Waals surface area contributed by atoms with E-state index in [4.69, 9.17) is 44.6 Å². The third-order valence-corrected chi connectivity index (χ3v) is 4.41. The van der Waals surface area contributed by atoms with E-state index in [-0.39, 0.29) is 13.0 Å². The average molecular weight is 389 g/mol. The van der Waals surface area contributed by atoms with Crippen molar-refractivity contribution in [3.63, 3.8) is 0 Å². The number of hydrogen-bond acceptors (Lipinski definition) is 3. The van der Waals surface area contributed by atoms with Crippen LogP contribution < -0.4 is 10.1 Å². The summed E-state index contributed by atoms with van der Waals surface area (Å²) in [5.74, 6) is -0.523. The second kappa shape index (κ2) is 8.47. The summed E-state index contributed by atoms with van der Waals surface area (Å²) in [6, 6.07) is 8.92. The minimum atomic E-state index is -0.873. The van der Waals surface area contributed by atoms with Crippen molar-refractivity contribution in [2.24, 2.45) is 0 Å². The molecule has 0 aromatic heterocycles. The van der Waals surface area contributed by atoms with Crippen LogP contribution in [-0.2, 0) is 17.8 Å². The van der Waals surface area contributed by atoms with E-state index in [1.165, 1.54) is 0 Å². The molecule has 24 heavy (non-hydrogen) atoms. The molecule has 0 aliphatic heterocycles. The number of carbonyl (C=O) groups is 1. The highest BCUT2D eigenvalue weighted by atomic mass is 35.5. The minimum Gasteiger partial charge on any atom is -0.486 e. The van der Waals surface area contributed by atoms with Gasteiger partial charge in [0.2, 0.25) is 0 Å². The lowest BCUT2D eigenvalue weighted by molar-refractivity contribution is -0.136. The molecule has 7 heteroatoms. The number of rotatable bonds is 7. The van der Waals surface area contributed by atoms with Gasteiger partial charge in [0.05, 0.1) is 20.8 Å². The topological polar surface area (TPSA) is 58.6 Å². The minimum absolute atomic E-state index is 0.0132. The Hall–Kier alpha value is -1.62. The molecule has 0 amide bonds. The van der Waals surface area contributed by atoms with Crippen LogP contribution in [0, 0.1) is 0 Å². The summed E-state index contributed by atoms with van der Waals surface area (Å²) in [6.45, 7) is 0.211. The standard InChI is InChI=1S/C17H16Cl3NO3/c1-21-14-4-2-3-11(16(14)20)9-24-17-12(18)7-10(8-13(17)19)5-6-15(22)23/h2-4,7-8,21H,5-6,9H2,1H3,(H,22,23). The van der Waals surface area contributed by atoms with Crippen molar-refractivity contribution >= 4 is 46.5 Å². The number of carboxylic acid groups (broad SMARTS) is 1. The molecule has 2 rings (SSSR count). The molecular formula is C17H16Cl3NO3. The second-order valence-electron chi connectivity index (χ2n) is 5.10. The van der Waals surface area contributed by atoms with Crippen molar-refractivity contribution in [2.45, 2.75) is 19.4 Å². The normalized spacial score (nSPS) is 10.5. The highest BCUT2D eigenvalue weighted by molar-refractivity contribution is 6.37. The summed E-state index contributed by atoms with van der Waals surface area (Å²) in [4.78, 5) is 10.6. The predicted octanol–water partition coefficient (Wildman–Crippen LogP) is 5.28. The Balaban J connectivity index is 2.14. The van der Waals surface area contributed by atoms with E-state index in [1.54, 1.807) is 19.2 Å². The highest BCUT2D eigenvalue weighted by Crippen LogP contribution is 2.36. The van der Waals surface area contributed by atoms with E-state index in [0.29, 0.717) is 27.2 Å². The highest BCUT2D eigenvalue weighted by Gasteiger charge is 2.12. The number of nitrogens with one attached hydrogen (secondary N) is 1. The zero-order valence-electron chi connectivity index (χ0n) is 12.9. The van der Waals surface area contributed by atoms with Crippen LogP contribution in [0.4, 0.5) is 5.69 Å². The van der Waals surface area contributed by atoms with Gasteiger partial charge < -0.3 is 15.2 Å². The molecule has 2 aromatic rings. The fraction of sp³-hybridized carbons (Fsp3) is 0.235. The van der Waals surface area contributed by atoms with Crippen molar-refractivity contribution in [2.75, 3.05) is 12.4 Å². The van der Waals surface area contributed by atoms with Gasteiger partial charge in [0, 0.05) is 19.0 Å². The zero-order chi connectivity index (χ0) is 17.7. The van der Waals surface area contributed by atoms with Crippen LogP contribution in [0.15, 0.2) is 30.3 Å². The molecule has 0 saturated heterocycles. The molecule has 0 atom stereocenters. The van der Waals surface area contributed by atoms with Gasteiger partial charge in [-0.05, 0) is 30.2 Å². The van der Waals surface area contributed by atoms with Crippen molar-refractivity contribution in [1.82, 2.24) is 0 Å². The number of anilines is 1. The first-order chi connectivity index (χ1) is 11.4. The van der Waals surface area contributed by atoms with Gasteiger partial charge in [-0.25, -0.2) is 0 Å². The van der Waals surface area contributed by atoms with Gasteiger partial charge in [-0.2, -0.15) is 0 Å². The Bertz CT molecular complexity index is 727. The molecule has 4 nitrogen and oxygen atoms in total. The number of aryl methyl sites for hydroxylation is 1. The molecule has 0 heterocycles. The monoisotopic (exact) mass is 387 g/mol. The summed E-state index contributed by atoms with van der Waals surface area (Å²) in [5, 5.41) is 13.0. The van der Waals surface area contributed by atoms with Gasteiger partial charge in [-0.3, -0.25) is 4.79 Å². The van der Waals surface area contributed by atoms with Gasteiger partial charge in [0.25, 0.3) is 0 Å². The lowest BCUT2D eigenvalue weighted by Gasteiger charge is -2.14. The van der Waals surface area contributed by atoms with E-state index in [1.807, 2.05) is 18.2 Å². The Labute approximate surface area is 155 Å². The number of hydrogen-bond donors (Lipinski definition) is 2. The Kier molecular flexibility index (Phi) is 6.60. The molecule has 2 aromatic carbocycles. The molecule has 0 spiro atoms. The maximum Gasteiger partial charge on any atom is 0.303 e. The van der Waals surface area contributed by atoms with Crippen LogP contribution in [0.2, 0.25) is 15.1 Å². The van der Waals surface area contributed by atoms with Gasteiger partial charge in [-0.1, -0.05) is 46.9 Å².